The minimum Gasteiger partial charge on any atom is -0.356 e. The number of piperidine rings is 1. The van der Waals surface area contributed by atoms with E-state index in [4.69, 9.17) is 0 Å². The van der Waals surface area contributed by atoms with E-state index in [1.165, 1.54) is 12.7 Å². The first-order chi connectivity index (χ1) is 11.2. The molecule has 1 amide bonds. The van der Waals surface area contributed by atoms with Crippen LogP contribution in [0.1, 0.15) is 44.7 Å². The van der Waals surface area contributed by atoms with Crippen molar-refractivity contribution in [1.82, 2.24) is 15.3 Å². The van der Waals surface area contributed by atoms with Crippen LogP contribution in [0, 0.1) is 17.7 Å². The maximum absolute atomic E-state index is 14.4. The fraction of sp³-hybridized carbons (Fsp3) is 0.706. The minimum absolute atomic E-state index is 0.190. The van der Waals surface area contributed by atoms with E-state index in [0.717, 1.165) is 38.8 Å². The Morgan fingerprint density at radius 1 is 1.35 bits per heavy atom. The number of carbonyl (C=O) groups excluding carboxylic acids is 1. The quantitative estimate of drug-likeness (QED) is 0.904. The standard InChI is InChI=1S/C17H25FN4O/c1-2-14-15(18)16(21-11-20-14)22-8-4-5-12(10-22)9-19-17(23)13-6-3-7-13/h11-13H,2-10H2,1H3,(H,19,23). The molecule has 1 aromatic heterocycles. The third-order valence-corrected chi connectivity index (χ3v) is 5.04. The van der Waals surface area contributed by atoms with Gasteiger partial charge in [-0.2, -0.15) is 0 Å². The Morgan fingerprint density at radius 3 is 2.87 bits per heavy atom. The number of aryl methyl sites for hydroxylation is 1. The summed E-state index contributed by atoms with van der Waals surface area (Å²) >= 11 is 0. The monoisotopic (exact) mass is 320 g/mol. The van der Waals surface area contributed by atoms with Gasteiger partial charge in [0.15, 0.2) is 11.6 Å². The highest BCUT2D eigenvalue weighted by atomic mass is 19.1. The second kappa shape index (κ2) is 7.23. The van der Waals surface area contributed by atoms with Crippen molar-refractivity contribution in [2.75, 3.05) is 24.5 Å². The Hall–Kier alpha value is -1.72. The van der Waals surface area contributed by atoms with Crippen molar-refractivity contribution in [3.05, 3.63) is 17.8 Å². The molecule has 23 heavy (non-hydrogen) atoms. The Bertz CT molecular complexity index is 562. The van der Waals surface area contributed by atoms with Crippen LogP contribution in [0.15, 0.2) is 6.33 Å². The van der Waals surface area contributed by atoms with Crippen molar-refractivity contribution in [2.24, 2.45) is 11.8 Å². The Balaban J connectivity index is 1.58. The summed E-state index contributed by atoms with van der Waals surface area (Å²) in [4.78, 5) is 22.1. The number of nitrogens with one attached hydrogen (secondary N) is 1. The van der Waals surface area contributed by atoms with Crippen molar-refractivity contribution in [1.29, 1.82) is 0 Å². The van der Waals surface area contributed by atoms with Gasteiger partial charge in [-0.15, -0.1) is 0 Å². The van der Waals surface area contributed by atoms with Gasteiger partial charge in [-0.05, 0) is 38.0 Å². The number of rotatable bonds is 5. The highest BCUT2D eigenvalue weighted by molar-refractivity contribution is 5.79. The summed E-state index contributed by atoms with van der Waals surface area (Å²) in [6, 6.07) is 0. The lowest BCUT2D eigenvalue weighted by atomic mass is 9.84. The van der Waals surface area contributed by atoms with Crippen molar-refractivity contribution >= 4 is 11.7 Å². The van der Waals surface area contributed by atoms with Crippen molar-refractivity contribution < 1.29 is 9.18 Å². The first kappa shape index (κ1) is 16.1. The number of nitrogens with zero attached hydrogens (tertiary/aromatic N) is 3. The first-order valence-corrected chi connectivity index (χ1v) is 8.71. The molecule has 0 aromatic carbocycles. The Kier molecular flexibility index (Phi) is 5.08. The van der Waals surface area contributed by atoms with E-state index in [1.54, 1.807) is 0 Å². The molecule has 1 saturated heterocycles. The van der Waals surface area contributed by atoms with Crippen molar-refractivity contribution in [3.63, 3.8) is 0 Å². The first-order valence-electron chi connectivity index (χ1n) is 8.71. The van der Waals surface area contributed by atoms with E-state index in [1.807, 2.05) is 11.8 Å². The Morgan fingerprint density at radius 2 is 2.17 bits per heavy atom. The molecule has 0 bridgehead atoms. The fourth-order valence-corrected chi connectivity index (χ4v) is 3.35. The largest absolute Gasteiger partial charge is 0.356 e. The van der Waals surface area contributed by atoms with Gasteiger partial charge < -0.3 is 10.2 Å². The van der Waals surface area contributed by atoms with Crippen molar-refractivity contribution in [3.8, 4) is 0 Å². The van der Waals surface area contributed by atoms with E-state index in [0.29, 0.717) is 30.4 Å². The predicted molar refractivity (Wildman–Crippen MR) is 86.7 cm³/mol. The molecule has 2 aliphatic rings. The zero-order chi connectivity index (χ0) is 16.2. The molecule has 2 heterocycles. The fourth-order valence-electron chi connectivity index (χ4n) is 3.35. The van der Waals surface area contributed by atoms with E-state index >= 15 is 0 Å². The lowest BCUT2D eigenvalue weighted by Gasteiger charge is -2.34. The number of hydrogen-bond donors (Lipinski definition) is 1. The summed E-state index contributed by atoms with van der Waals surface area (Å²) in [6.07, 6.45) is 7.28. The number of halogens is 1. The SMILES string of the molecule is CCc1ncnc(N2CCCC(CNC(=O)C3CCC3)C2)c1F. The highest BCUT2D eigenvalue weighted by Gasteiger charge is 2.27. The molecule has 1 aliphatic carbocycles. The number of carbonyl (C=O) groups is 1. The molecule has 2 fully saturated rings. The van der Waals surface area contributed by atoms with E-state index in [2.05, 4.69) is 15.3 Å². The van der Waals surface area contributed by atoms with Gasteiger partial charge in [0.25, 0.3) is 0 Å². The average Bonchev–Trinajstić information content (AvgIpc) is 2.52. The molecule has 5 nitrogen and oxygen atoms in total. The van der Waals surface area contributed by atoms with Gasteiger partial charge in [-0.3, -0.25) is 4.79 Å². The van der Waals surface area contributed by atoms with Crippen molar-refractivity contribution in [2.45, 2.75) is 45.4 Å². The molecule has 1 unspecified atom stereocenters. The molecule has 1 aliphatic heterocycles. The second-order valence-electron chi connectivity index (χ2n) is 6.64. The molecule has 1 atom stereocenters. The van der Waals surface area contributed by atoms with Crippen LogP contribution < -0.4 is 10.2 Å². The Labute approximate surface area is 136 Å². The van der Waals surface area contributed by atoms with Gasteiger partial charge in [-0.25, -0.2) is 14.4 Å². The molecule has 3 rings (SSSR count). The van der Waals surface area contributed by atoms with Crippen LogP contribution in [0.5, 0.6) is 0 Å². The molecule has 126 valence electrons. The molecule has 1 aromatic rings. The summed E-state index contributed by atoms with van der Waals surface area (Å²) < 4.78 is 14.4. The second-order valence-corrected chi connectivity index (χ2v) is 6.64. The normalized spacial score (nSPS) is 21.8. The van der Waals surface area contributed by atoms with Gasteiger partial charge in [0, 0.05) is 25.6 Å². The lowest BCUT2D eigenvalue weighted by molar-refractivity contribution is -0.127. The minimum atomic E-state index is -0.297. The average molecular weight is 320 g/mol. The van der Waals surface area contributed by atoms with E-state index in [-0.39, 0.29) is 17.6 Å². The van der Waals surface area contributed by atoms with E-state index < -0.39 is 0 Å². The molecular formula is C17H25FN4O. The topological polar surface area (TPSA) is 58.1 Å². The van der Waals surface area contributed by atoms with Crippen LogP contribution in [0.2, 0.25) is 0 Å². The highest BCUT2D eigenvalue weighted by Crippen LogP contribution is 2.27. The molecule has 0 spiro atoms. The van der Waals surface area contributed by atoms with Gasteiger partial charge in [0.2, 0.25) is 5.91 Å². The number of amides is 1. The maximum atomic E-state index is 14.4. The van der Waals surface area contributed by atoms with Gasteiger partial charge in [0.1, 0.15) is 6.33 Å². The van der Waals surface area contributed by atoms with Crippen LogP contribution >= 0.6 is 0 Å². The van der Waals surface area contributed by atoms with Gasteiger partial charge in [-0.1, -0.05) is 13.3 Å². The third-order valence-electron chi connectivity index (χ3n) is 5.04. The zero-order valence-electron chi connectivity index (χ0n) is 13.7. The van der Waals surface area contributed by atoms with Crippen LogP contribution in [0.4, 0.5) is 10.2 Å². The van der Waals surface area contributed by atoms with Crippen LogP contribution in [0.25, 0.3) is 0 Å². The molecule has 1 N–H and O–H groups in total. The summed E-state index contributed by atoms with van der Waals surface area (Å²) in [6.45, 7) is 4.12. The zero-order valence-corrected chi connectivity index (χ0v) is 13.7. The number of hydrogen-bond acceptors (Lipinski definition) is 4. The van der Waals surface area contributed by atoms with Crippen LogP contribution in [-0.2, 0) is 11.2 Å². The summed E-state index contributed by atoms with van der Waals surface area (Å²) in [5.74, 6) is 0.879. The van der Waals surface area contributed by atoms with Gasteiger partial charge in [0.05, 0.1) is 5.69 Å². The van der Waals surface area contributed by atoms with Gasteiger partial charge >= 0.3 is 0 Å². The summed E-state index contributed by atoms with van der Waals surface area (Å²) in [5.41, 5.74) is 0.468. The summed E-state index contributed by atoms with van der Waals surface area (Å²) in [5, 5.41) is 3.07. The lowest BCUT2D eigenvalue weighted by Crippen LogP contribution is -2.43. The molecule has 0 radical (unpaired) electrons. The smallest absolute Gasteiger partial charge is 0.223 e. The molecule has 6 heteroatoms. The predicted octanol–water partition coefficient (Wildman–Crippen LogP) is 2.31. The van der Waals surface area contributed by atoms with E-state index in [9.17, 15) is 9.18 Å². The summed E-state index contributed by atoms with van der Waals surface area (Å²) in [7, 11) is 0. The maximum Gasteiger partial charge on any atom is 0.223 e. The van der Waals surface area contributed by atoms with Crippen LogP contribution in [-0.4, -0.2) is 35.5 Å². The third kappa shape index (κ3) is 3.62. The molecular weight excluding hydrogens is 295 g/mol. The number of anilines is 1. The number of aromatic nitrogens is 2. The molecule has 1 saturated carbocycles. The van der Waals surface area contributed by atoms with Crippen LogP contribution in [0.3, 0.4) is 0 Å².